The fraction of sp³-hybridized carbons (Fsp3) is 0.613. The average molecular weight is 644 g/mol. The van der Waals surface area contributed by atoms with E-state index in [1.807, 2.05) is 6.07 Å². The Morgan fingerprint density at radius 3 is 2.00 bits per heavy atom. The molecule has 1 unspecified atom stereocenters. The molecule has 0 spiro atoms. The van der Waals surface area contributed by atoms with Crippen molar-refractivity contribution in [3.8, 4) is 0 Å². The molecule has 1 aliphatic rings. The van der Waals surface area contributed by atoms with Crippen LogP contribution in [0.1, 0.15) is 57.9 Å². The van der Waals surface area contributed by atoms with Crippen molar-refractivity contribution in [2.45, 2.75) is 76.9 Å². The molecular weight excluding hydrogens is 590 g/mol. The number of nitrogens with one attached hydrogen (secondary N) is 9. The van der Waals surface area contributed by atoms with Crippen LogP contribution in [-0.2, 0) is 25.6 Å². The molecule has 1 saturated heterocycles. The first-order valence-corrected chi connectivity index (χ1v) is 16.0. The topological polar surface area (TPSA) is 252 Å². The van der Waals surface area contributed by atoms with Crippen molar-refractivity contribution < 1.29 is 19.2 Å². The molecule has 0 aromatic heterocycles. The molecule has 2 rings (SSSR count). The third-order valence-corrected chi connectivity index (χ3v) is 7.75. The lowest BCUT2D eigenvalue weighted by Gasteiger charge is -2.29. The molecule has 0 aliphatic carbocycles. The van der Waals surface area contributed by atoms with Crippen LogP contribution in [0.25, 0.3) is 0 Å². The van der Waals surface area contributed by atoms with Gasteiger partial charge in [-0.15, -0.1) is 0 Å². The van der Waals surface area contributed by atoms with Gasteiger partial charge in [0, 0.05) is 13.1 Å². The fourth-order valence-corrected chi connectivity index (χ4v) is 5.15. The second-order valence-electron chi connectivity index (χ2n) is 12.0. The molecule has 13 N–H and O–H groups in total. The van der Waals surface area contributed by atoms with Crippen LogP contribution < -0.4 is 48.7 Å². The largest absolute Gasteiger partial charge is 0.370 e. The molecule has 3 atom stereocenters. The molecule has 1 aliphatic heterocycles. The molecule has 0 radical (unpaired) electrons. The van der Waals surface area contributed by atoms with Crippen LogP contribution in [0.5, 0.6) is 0 Å². The Bertz CT molecular complexity index is 1140. The van der Waals surface area contributed by atoms with Crippen molar-refractivity contribution >= 4 is 35.5 Å². The maximum Gasteiger partial charge on any atom is 0.249 e. The number of nitrogens with two attached hydrogens (primary N) is 2. The van der Waals surface area contributed by atoms with Crippen LogP contribution >= 0.6 is 0 Å². The molecule has 256 valence electrons. The van der Waals surface area contributed by atoms with Gasteiger partial charge in [0.05, 0.1) is 12.5 Å². The number of piperidine rings is 1. The number of hydrogen-bond donors (Lipinski definition) is 11. The van der Waals surface area contributed by atoms with Crippen molar-refractivity contribution in [2.75, 3.05) is 32.7 Å². The van der Waals surface area contributed by atoms with E-state index in [0.29, 0.717) is 44.8 Å². The highest BCUT2D eigenvalue weighted by molar-refractivity contribution is 6.00. The van der Waals surface area contributed by atoms with Crippen LogP contribution in [0.15, 0.2) is 30.3 Å². The Labute approximate surface area is 271 Å². The predicted octanol–water partition coefficient (Wildman–Crippen LogP) is -1.02. The molecule has 15 nitrogen and oxygen atoms in total. The van der Waals surface area contributed by atoms with Crippen LogP contribution in [0.2, 0.25) is 0 Å². The summed E-state index contributed by atoms with van der Waals surface area (Å²) >= 11 is 0. The molecule has 0 saturated carbocycles. The molecule has 1 heterocycles. The Hall–Kier alpha value is -4.24. The zero-order valence-electron chi connectivity index (χ0n) is 27.0. The van der Waals surface area contributed by atoms with Crippen molar-refractivity contribution in [2.24, 2.45) is 23.3 Å². The number of guanidine groups is 2. The Morgan fingerprint density at radius 2 is 1.43 bits per heavy atom. The van der Waals surface area contributed by atoms with E-state index in [1.54, 1.807) is 38.1 Å². The number of carbonyl (C=O) groups excluding carboxylic acids is 4. The molecule has 1 fully saturated rings. The standard InChI is InChI=1S/C31H53N11O4/c1-20(2)26(42-27(44)23(10-6-14-37-30(32)33)39-19-22-12-16-36-17-13-22)29(46)40-24(11-7-15-38-31(34)35)28(45)41-25(43)18-21-8-4-3-5-9-21/h3-5,8-9,20,22-24,26,36,39H,6-7,10-19H2,1-2H3,(H,40,46)(H,42,44)(H4,32,33,37)(H4,34,35,38)(H,41,43,45)/t23-,24-,26?/m0/s1. The molecule has 1 aromatic rings. The van der Waals surface area contributed by atoms with E-state index in [9.17, 15) is 19.2 Å². The van der Waals surface area contributed by atoms with Gasteiger partial charge in [0.1, 0.15) is 12.1 Å². The lowest BCUT2D eigenvalue weighted by molar-refractivity contribution is -0.135. The average Bonchev–Trinajstić information content (AvgIpc) is 3.01. The van der Waals surface area contributed by atoms with E-state index in [2.05, 4.69) is 37.2 Å². The van der Waals surface area contributed by atoms with Crippen molar-refractivity contribution in [3.05, 3.63) is 35.9 Å². The van der Waals surface area contributed by atoms with Crippen LogP contribution in [0.4, 0.5) is 0 Å². The molecule has 46 heavy (non-hydrogen) atoms. The van der Waals surface area contributed by atoms with Crippen LogP contribution in [0, 0.1) is 22.7 Å². The normalized spacial score (nSPS) is 15.2. The van der Waals surface area contributed by atoms with E-state index < -0.39 is 35.8 Å². The van der Waals surface area contributed by atoms with Gasteiger partial charge in [-0.1, -0.05) is 44.2 Å². The Kier molecular flexibility index (Phi) is 17.1. The van der Waals surface area contributed by atoms with Gasteiger partial charge in [0.25, 0.3) is 0 Å². The third kappa shape index (κ3) is 15.2. The number of carbonyl (C=O) groups is 4. The highest BCUT2D eigenvalue weighted by atomic mass is 16.2. The summed E-state index contributed by atoms with van der Waals surface area (Å²) < 4.78 is 0. The summed E-state index contributed by atoms with van der Waals surface area (Å²) in [6.07, 6.45) is 3.58. The first kappa shape index (κ1) is 37.9. The minimum absolute atomic E-state index is 0.00247. The van der Waals surface area contributed by atoms with Gasteiger partial charge in [-0.25, -0.2) is 0 Å². The molecule has 0 bridgehead atoms. The molecule has 1 aromatic carbocycles. The number of hydrogen-bond acceptors (Lipinski definition) is 8. The number of amides is 4. The summed E-state index contributed by atoms with van der Waals surface area (Å²) in [5, 5.41) is 34.9. The molecule has 15 heteroatoms. The lowest BCUT2D eigenvalue weighted by atomic mass is 9.97. The van der Waals surface area contributed by atoms with Gasteiger partial charge in [-0.3, -0.25) is 35.3 Å². The van der Waals surface area contributed by atoms with Gasteiger partial charge in [-0.05, 0) is 75.6 Å². The van der Waals surface area contributed by atoms with E-state index in [-0.39, 0.29) is 36.6 Å². The summed E-state index contributed by atoms with van der Waals surface area (Å²) in [5.41, 5.74) is 11.5. The first-order chi connectivity index (χ1) is 22.0. The maximum atomic E-state index is 13.6. The minimum atomic E-state index is -1.06. The second-order valence-corrected chi connectivity index (χ2v) is 12.0. The summed E-state index contributed by atoms with van der Waals surface area (Å²) in [6.45, 7) is 6.84. The quantitative estimate of drug-likeness (QED) is 0.0497. The summed E-state index contributed by atoms with van der Waals surface area (Å²) in [5.74, 6) is -2.29. The number of benzene rings is 1. The zero-order valence-corrected chi connectivity index (χ0v) is 27.0. The van der Waals surface area contributed by atoms with Crippen LogP contribution in [-0.4, -0.2) is 86.4 Å². The highest BCUT2D eigenvalue weighted by Gasteiger charge is 2.31. The van der Waals surface area contributed by atoms with Gasteiger partial charge < -0.3 is 43.4 Å². The summed E-state index contributed by atoms with van der Waals surface area (Å²) in [6, 6.07) is 6.39. The van der Waals surface area contributed by atoms with Crippen molar-refractivity contribution in [1.29, 1.82) is 10.8 Å². The highest BCUT2D eigenvalue weighted by Crippen LogP contribution is 2.12. The van der Waals surface area contributed by atoms with Crippen molar-refractivity contribution in [3.63, 3.8) is 0 Å². The zero-order chi connectivity index (χ0) is 33.9. The van der Waals surface area contributed by atoms with E-state index in [4.69, 9.17) is 22.3 Å². The second kappa shape index (κ2) is 20.7. The van der Waals surface area contributed by atoms with Gasteiger partial charge in [0.15, 0.2) is 11.9 Å². The van der Waals surface area contributed by atoms with Gasteiger partial charge >= 0.3 is 0 Å². The first-order valence-electron chi connectivity index (χ1n) is 16.0. The minimum Gasteiger partial charge on any atom is -0.370 e. The number of imide groups is 1. The number of rotatable bonds is 19. The SMILES string of the molecule is CC(C)C(NC(=O)[C@H](CCCNC(=N)N)NCC1CCNCC1)C(=O)N[C@@H](CCCNC(=N)N)C(=O)NC(=O)Cc1ccccc1. The maximum absolute atomic E-state index is 13.6. The molecule has 4 amide bonds. The Morgan fingerprint density at radius 1 is 0.848 bits per heavy atom. The van der Waals surface area contributed by atoms with E-state index in [0.717, 1.165) is 31.5 Å². The summed E-state index contributed by atoms with van der Waals surface area (Å²) in [4.78, 5) is 53.0. The predicted molar refractivity (Wildman–Crippen MR) is 178 cm³/mol. The monoisotopic (exact) mass is 643 g/mol. The third-order valence-electron chi connectivity index (χ3n) is 7.75. The van der Waals surface area contributed by atoms with E-state index in [1.165, 1.54) is 0 Å². The van der Waals surface area contributed by atoms with Gasteiger partial charge in [-0.2, -0.15) is 0 Å². The van der Waals surface area contributed by atoms with Crippen LogP contribution in [0.3, 0.4) is 0 Å². The van der Waals surface area contributed by atoms with Gasteiger partial charge in [0.2, 0.25) is 23.6 Å². The fourth-order valence-electron chi connectivity index (χ4n) is 5.15. The smallest absolute Gasteiger partial charge is 0.249 e. The lowest BCUT2D eigenvalue weighted by Crippen LogP contribution is -2.58. The summed E-state index contributed by atoms with van der Waals surface area (Å²) in [7, 11) is 0. The van der Waals surface area contributed by atoms with Crippen molar-refractivity contribution in [1.82, 2.24) is 37.2 Å². The Balaban J connectivity index is 2.09. The van der Waals surface area contributed by atoms with E-state index >= 15 is 0 Å². The molecular formula is C31H53N11O4.